The molecule has 5 heteroatoms. The van der Waals surface area contributed by atoms with E-state index >= 15 is 0 Å². The third kappa shape index (κ3) is 5.36. The molecule has 1 rings (SSSR count). The summed E-state index contributed by atoms with van der Waals surface area (Å²) >= 11 is 0. The maximum atomic E-state index is 10.6. The molecule has 14 heavy (non-hydrogen) atoms. The minimum Gasteiger partial charge on any atom is -0.315 e. The first-order chi connectivity index (χ1) is 6.58. The van der Waals surface area contributed by atoms with E-state index in [-0.39, 0.29) is 5.75 Å². The Morgan fingerprint density at radius 1 is 1.43 bits per heavy atom. The molecule has 0 aliphatic heterocycles. The lowest BCUT2D eigenvalue weighted by Gasteiger charge is -2.17. The summed E-state index contributed by atoms with van der Waals surface area (Å²) in [6, 6.07) is 0. The summed E-state index contributed by atoms with van der Waals surface area (Å²) in [5.74, 6) is 0.677. The van der Waals surface area contributed by atoms with Crippen molar-refractivity contribution in [2.24, 2.45) is 11.1 Å². The minimum absolute atomic E-state index is 0.0234. The van der Waals surface area contributed by atoms with Crippen LogP contribution in [0.5, 0.6) is 0 Å². The molecule has 1 atom stereocenters. The van der Waals surface area contributed by atoms with Gasteiger partial charge in [-0.2, -0.15) is 0 Å². The van der Waals surface area contributed by atoms with Gasteiger partial charge in [0.15, 0.2) is 0 Å². The van der Waals surface area contributed by atoms with Gasteiger partial charge >= 0.3 is 0 Å². The average molecular weight is 218 g/mol. The van der Waals surface area contributed by atoms with Crippen LogP contribution < -0.4 is 10.5 Å². The number of rotatable bonds is 5. The quantitative estimate of drug-likeness (QED) is 0.512. The maximum Gasteiger partial charge on any atom is 0.210 e. The van der Waals surface area contributed by atoms with Crippen LogP contribution in [-0.4, -0.2) is 27.3 Å². The van der Waals surface area contributed by atoms with Gasteiger partial charge in [-0.1, -0.05) is 12.2 Å². The molecule has 1 unspecified atom stereocenters. The predicted molar refractivity (Wildman–Crippen MR) is 57.3 cm³/mol. The topological polar surface area (TPSA) is 72.2 Å². The summed E-state index contributed by atoms with van der Waals surface area (Å²) in [5, 5.41) is 7.99. The number of allylic oxidation sites excluding steroid dienone is 2. The van der Waals surface area contributed by atoms with Crippen LogP contribution in [0.15, 0.2) is 12.2 Å². The number of hydrogen-bond donors (Lipinski definition) is 2. The van der Waals surface area contributed by atoms with E-state index in [2.05, 4.69) is 17.5 Å². The predicted octanol–water partition coefficient (Wildman–Crippen LogP) is 0.221. The third-order valence-electron chi connectivity index (χ3n) is 2.37. The Morgan fingerprint density at radius 3 is 2.79 bits per heavy atom. The van der Waals surface area contributed by atoms with Gasteiger partial charge in [0.25, 0.3) is 0 Å². The molecule has 1 aliphatic carbocycles. The van der Waals surface area contributed by atoms with Crippen molar-refractivity contribution in [3.05, 3.63) is 12.2 Å². The number of sulfonamides is 1. The smallest absolute Gasteiger partial charge is 0.210 e. The maximum absolute atomic E-state index is 10.6. The van der Waals surface area contributed by atoms with Gasteiger partial charge in [-0.05, 0) is 31.7 Å². The lowest BCUT2D eigenvalue weighted by atomic mass is 9.94. The Balaban J connectivity index is 2.07. The molecule has 0 aromatic rings. The fourth-order valence-corrected chi connectivity index (χ4v) is 1.99. The summed E-state index contributed by atoms with van der Waals surface area (Å²) < 4.78 is 21.2. The van der Waals surface area contributed by atoms with Crippen molar-refractivity contribution in [2.45, 2.75) is 19.3 Å². The second-order valence-corrected chi connectivity index (χ2v) is 5.46. The van der Waals surface area contributed by atoms with E-state index in [0.29, 0.717) is 12.5 Å². The van der Waals surface area contributed by atoms with Gasteiger partial charge in [-0.15, -0.1) is 0 Å². The van der Waals surface area contributed by atoms with Crippen molar-refractivity contribution >= 4 is 10.0 Å². The number of nitrogens with two attached hydrogens (primary N) is 1. The highest BCUT2D eigenvalue weighted by Gasteiger charge is 2.09. The van der Waals surface area contributed by atoms with Crippen LogP contribution in [0.25, 0.3) is 0 Å². The Labute approximate surface area is 85.6 Å². The van der Waals surface area contributed by atoms with Gasteiger partial charge in [0.1, 0.15) is 0 Å². The standard InChI is InChI=1S/C9H18N2O2S/c10-14(12,13)7-6-11-8-9-4-2-1-3-5-9/h1-2,9,11H,3-8H2,(H2,10,12,13). The summed E-state index contributed by atoms with van der Waals surface area (Å²) in [4.78, 5) is 0. The van der Waals surface area contributed by atoms with Gasteiger partial charge in [-0.3, -0.25) is 0 Å². The van der Waals surface area contributed by atoms with Crippen molar-refractivity contribution in [1.29, 1.82) is 0 Å². The molecule has 0 aromatic carbocycles. The van der Waals surface area contributed by atoms with Crippen molar-refractivity contribution in [2.75, 3.05) is 18.8 Å². The molecule has 0 fully saturated rings. The summed E-state index contributed by atoms with van der Waals surface area (Å²) in [6.45, 7) is 1.35. The van der Waals surface area contributed by atoms with Crippen LogP contribution in [-0.2, 0) is 10.0 Å². The minimum atomic E-state index is -3.30. The Hall–Kier alpha value is -0.390. The van der Waals surface area contributed by atoms with Gasteiger partial charge in [0.05, 0.1) is 5.75 Å². The highest BCUT2D eigenvalue weighted by atomic mass is 32.2. The van der Waals surface area contributed by atoms with Crippen LogP contribution in [0.4, 0.5) is 0 Å². The molecule has 0 aromatic heterocycles. The molecule has 0 spiro atoms. The van der Waals surface area contributed by atoms with Crippen molar-refractivity contribution in [3.8, 4) is 0 Å². The van der Waals surface area contributed by atoms with E-state index in [1.54, 1.807) is 0 Å². The van der Waals surface area contributed by atoms with Gasteiger partial charge in [0.2, 0.25) is 10.0 Å². The molecule has 0 radical (unpaired) electrons. The number of hydrogen-bond acceptors (Lipinski definition) is 3. The highest BCUT2D eigenvalue weighted by molar-refractivity contribution is 7.89. The van der Waals surface area contributed by atoms with E-state index < -0.39 is 10.0 Å². The van der Waals surface area contributed by atoms with E-state index in [1.165, 1.54) is 6.42 Å². The first-order valence-electron chi connectivity index (χ1n) is 4.94. The molecule has 4 nitrogen and oxygen atoms in total. The van der Waals surface area contributed by atoms with Crippen molar-refractivity contribution in [3.63, 3.8) is 0 Å². The molecule has 0 saturated heterocycles. The first kappa shape index (κ1) is 11.7. The Morgan fingerprint density at radius 2 is 2.21 bits per heavy atom. The summed E-state index contributed by atoms with van der Waals surface area (Å²) in [5.41, 5.74) is 0. The SMILES string of the molecule is NS(=O)(=O)CCNCC1CC=CCC1. The largest absolute Gasteiger partial charge is 0.315 e. The lowest BCUT2D eigenvalue weighted by molar-refractivity contribution is 0.446. The van der Waals surface area contributed by atoms with E-state index in [0.717, 1.165) is 19.4 Å². The van der Waals surface area contributed by atoms with Crippen LogP contribution in [0, 0.1) is 5.92 Å². The molecule has 0 bridgehead atoms. The molecule has 3 N–H and O–H groups in total. The molecule has 0 heterocycles. The monoisotopic (exact) mass is 218 g/mol. The second-order valence-electron chi connectivity index (χ2n) is 3.72. The van der Waals surface area contributed by atoms with E-state index in [9.17, 15) is 8.42 Å². The molecule has 0 saturated carbocycles. The first-order valence-corrected chi connectivity index (χ1v) is 6.65. The average Bonchev–Trinajstić information content (AvgIpc) is 2.13. The molecule has 0 amide bonds. The van der Waals surface area contributed by atoms with Crippen LogP contribution >= 0.6 is 0 Å². The normalized spacial score (nSPS) is 22.5. The summed E-state index contributed by atoms with van der Waals surface area (Å²) in [7, 11) is -3.30. The second kappa shape index (κ2) is 5.48. The third-order valence-corrected chi connectivity index (χ3v) is 3.15. The molecular weight excluding hydrogens is 200 g/mol. The van der Waals surface area contributed by atoms with Crippen molar-refractivity contribution < 1.29 is 8.42 Å². The lowest BCUT2D eigenvalue weighted by Crippen LogP contribution is -2.30. The van der Waals surface area contributed by atoms with Crippen LogP contribution in [0.1, 0.15) is 19.3 Å². The Kier molecular flexibility index (Phi) is 4.57. The van der Waals surface area contributed by atoms with Crippen LogP contribution in [0.3, 0.4) is 0 Å². The fraction of sp³-hybridized carbons (Fsp3) is 0.778. The molecule has 82 valence electrons. The highest BCUT2D eigenvalue weighted by Crippen LogP contribution is 2.16. The van der Waals surface area contributed by atoms with Gasteiger partial charge in [-0.25, -0.2) is 13.6 Å². The zero-order valence-electron chi connectivity index (χ0n) is 8.28. The zero-order valence-corrected chi connectivity index (χ0v) is 9.09. The summed E-state index contributed by atoms with van der Waals surface area (Å²) in [6.07, 6.45) is 7.82. The van der Waals surface area contributed by atoms with Crippen LogP contribution in [0.2, 0.25) is 0 Å². The molecule has 1 aliphatic rings. The van der Waals surface area contributed by atoms with E-state index in [1.807, 2.05) is 0 Å². The number of nitrogens with one attached hydrogen (secondary N) is 1. The van der Waals surface area contributed by atoms with Gasteiger partial charge in [0, 0.05) is 6.54 Å². The Bertz CT molecular complexity index is 285. The van der Waals surface area contributed by atoms with Gasteiger partial charge < -0.3 is 5.32 Å². The zero-order chi connectivity index (χ0) is 10.4. The van der Waals surface area contributed by atoms with Crippen molar-refractivity contribution in [1.82, 2.24) is 5.32 Å². The fourth-order valence-electron chi connectivity index (χ4n) is 1.56. The number of primary sulfonamides is 1. The molecular formula is C9H18N2O2S. The van der Waals surface area contributed by atoms with E-state index in [4.69, 9.17) is 5.14 Å².